The normalized spacial score (nSPS) is 19.7. The summed E-state index contributed by atoms with van der Waals surface area (Å²) in [6.45, 7) is 5.12. The fourth-order valence-corrected chi connectivity index (χ4v) is 3.47. The van der Waals surface area contributed by atoms with Crippen molar-refractivity contribution in [3.05, 3.63) is 41.3 Å². The monoisotopic (exact) mass is 368 g/mol. The Morgan fingerprint density at radius 1 is 1.22 bits per heavy atom. The number of hydrogen-bond acceptors (Lipinski definition) is 5. The standard InChI is InChI=1S/C22H28N2O3/c1-16-7-5-8-18(13-16)22-24-21(17(2)27-22)15-26-20-10-6-9-19(14-20)25-12-4-3-11-23/h5,7-8,13,19-20H,3-4,6,9-10,12,14-15H2,1-2H3. The smallest absolute Gasteiger partial charge is 0.226 e. The molecule has 0 amide bonds. The van der Waals surface area contributed by atoms with E-state index in [1.807, 2.05) is 19.1 Å². The van der Waals surface area contributed by atoms with Gasteiger partial charge in [-0.2, -0.15) is 5.26 Å². The Morgan fingerprint density at radius 3 is 2.81 bits per heavy atom. The second-order valence-corrected chi connectivity index (χ2v) is 7.25. The number of nitriles is 1. The van der Waals surface area contributed by atoms with Crippen molar-refractivity contribution >= 4 is 0 Å². The van der Waals surface area contributed by atoms with E-state index in [9.17, 15) is 0 Å². The summed E-state index contributed by atoms with van der Waals surface area (Å²) in [4.78, 5) is 4.64. The maximum atomic E-state index is 8.59. The van der Waals surface area contributed by atoms with E-state index in [2.05, 4.69) is 30.1 Å². The Balaban J connectivity index is 1.52. The van der Waals surface area contributed by atoms with Crippen molar-refractivity contribution in [2.75, 3.05) is 6.61 Å². The highest BCUT2D eigenvalue weighted by atomic mass is 16.5. The van der Waals surface area contributed by atoms with Crippen LogP contribution in [-0.2, 0) is 16.1 Å². The molecule has 1 fully saturated rings. The van der Waals surface area contributed by atoms with E-state index < -0.39 is 0 Å². The highest BCUT2D eigenvalue weighted by Gasteiger charge is 2.24. The second kappa shape index (κ2) is 9.68. The van der Waals surface area contributed by atoms with E-state index in [-0.39, 0.29) is 12.2 Å². The van der Waals surface area contributed by atoms with Crippen molar-refractivity contribution in [3.63, 3.8) is 0 Å². The number of unbranched alkanes of at least 4 members (excludes halogenated alkanes) is 1. The van der Waals surface area contributed by atoms with Gasteiger partial charge in [0.15, 0.2) is 0 Å². The molecular weight excluding hydrogens is 340 g/mol. The molecule has 1 heterocycles. The average molecular weight is 368 g/mol. The van der Waals surface area contributed by atoms with E-state index >= 15 is 0 Å². The number of benzene rings is 1. The molecule has 3 rings (SSSR count). The maximum absolute atomic E-state index is 8.59. The van der Waals surface area contributed by atoms with Crippen molar-refractivity contribution in [1.82, 2.24) is 4.98 Å². The molecule has 0 bridgehead atoms. The summed E-state index contributed by atoms with van der Waals surface area (Å²) in [5.74, 6) is 1.46. The van der Waals surface area contributed by atoms with Gasteiger partial charge in [-0.1, -0.05) is 17.7 Å². The summed E-state index contributed by atoms with van der Waals surface area (Å²) in [5.41, 5.74) is 3.04. The van der Waals surface area contributed by atoms with Gasteiger partial charge in [0, 0.05) is 18.6 Å². The molecule has 0 N–H and O–H groups in total. The van der Waals surface area contributed by atoms with Crippen LogP contribution in [0.25, 0.3) is 11.5 Å². The third-order valence-electron chi connectivity index (χ3n) is 4.98. The zero-order valence-corrected chi connectivity index (χ0v) is 16.2. The molecule has 1 aromatic carbocycles. The van der Waals surface area contributed by atoms with Crippen LogP contribution >= 0.6 is 0 Å². The van der Waals surface area contributed by atoms with Crippen molar-refractivity contribution < 1.29 is 13.9 Å². The number of oxazole rings is 1. The molecule has 1 aliphatic rings. The minimum absolute atomic E-state index is 0.193. The molecule has 2 unspecified atom stereocenters. The molecule has 1 saturated carbocycles. The van der Waals surface area contributed by atoms with Gasteiger partial charge in [-0.25, -0.2) is 4.98 Å². The summed E-state index contributed by atoms with van der Waals surface area (Å²) in [5, 5.41) is 8.59. The van der Waals surface area contributed by atoms with Gasteiger partial charge in [0.05, 0.1) is 24.9 Å². The number of rotatable bonds is 8. The Labute approximate surface area is 161 Å². The molecule has 144 valence electrons. The van der Waals surface area contributed by atoms with E-state index in [1.54, 1.807) is 0 Å². The van der Waals surface area contributed by atoms with E-state index in [0.29, 0.717) is 25.5 Å². The average Bonchev–Trinajstić information content (AvgIpc) is 3.05. The molecule has 5 nitrogen and oxygen atoms in total. The first-order chi connectivity index (χ1) is 13.2. The molecule has 2 aromatic rings. The summed E-state index contributed by atoms with van der Waals surface area (Å²) >= 11 is 0. The first-order valence-corrected chi connectivity index (χ1v) is 9.79. The summed E-state index contributed by atoms with van der Waals surface area (Å²) in [7, 11) is 0. The number of aromatic nitrogens is 1. The van der Waals surface area contributed by atoms with Crippen LogP contribution in [0, 0.1) is 25.2 Å². The highest BCUT2D eigenvalue weighted by molar-refractivity contribution is 5.54. The molecule has 5 heteroatoms. The lowest BCUT2D eigenvalue weighted by Gasteiger charge is -2.29. The van der Waals surface area contributed by atoms with E-state index in [1.165, 1.54) is 5.56 Å². The first-order valence-electron chi connectivity index (χ1n) is 9.79. The Bertz CT molecular complexity index is 778. The van der Waals surface area contributed by atoms with Crippen LogP contribution in [0.2, 0.25) is 0 Å². The molecule has 0 saturated heterocycles. The summed E-state index contributed by atoms with van der Waals surface area (Å²) < 4.78 is 17.9. The number of ether oxygens (including phenoxy) is 2. The number of aryl methyl sites for hydroxylation is 2. The Kier molecular flexibility index (Phi) is 7.03. The number of nitrogens with zero attached hydrogens (tertiary/aromatic N) is 2. The molecule has 0 radical (unpaired) electrons. The van der Waals surface area contributed by atoms with E-state index in [4.69, 9.17) is 19.2 Å². The topological polar surface area (TPSA) is 68.3 Å². The lowest BCUT2D eigenvalue weighted by atomic mass is 9.95. The molecule has 0 aliphatic heterocycles. The van der Waals surface area contributed by atoms with Gasteiger partial charge in [0.2, 0.25) is 5.89 Å². The third-order valence-corrected chi connectivity index (χ3v) is 4.98. The predicted molar refractivity (Wildman–Crippen MR) is 103 cm³/mol. The van der Waals surface area contributed by atoms with Crippen LogP contribution in [-0.4, -0.2) is 23.8 Å². The minimum Gasteiger partial charge on any atom is -0.441 e. The zero-order valence-electron chi connectivity index (χ0n) is 16.2. The van der Waals surface area contributed by atoms with Crippen LogP contribution in [0.5, 0.6) is 0 Å². The van der Waals surface area contributed by atoms with Crippen LogP contribution in [0.1, 0.15) is 55.5 Å². The molecule has 1 aromatic heterocycles. The Morgan fingerprint density at radius 2 is 2.04 bits per heavy atom. The van der Waals surface area contributed by atoms with Crippen molar-refractivity contribution in [1.29, 1.82) is 5.26 Å². The van der Waals surface area contributed by atoms with Gasteiger partial charge in [0.1, 0.15) is 11.5 Å². The fourth-order valence-electron chi connectivity index (χ4n) is 3.47. The van der Waals surface area contributed by atoms with Gasteiger partial charge >= 0.3 is 0 Å². The molecule has 0 spiro atoms. The predicted octanol–water partition coefficient (Wildman–Crippen LogP) is 5.11. The van der Waals surface area contributed by atoms with Crippen LogP contribution in [0.4, 0.5) is 0 Å². The quantitative estimate of drug-likeness (QED) is 0.606. The molecule has 2 atom stereocenters. The third kappa shape index (κ3) is 5.66. The first kappa shape index (κ1) is 19.6. The maximum Gasteiger partial charge on any atom is 0.226 e. The van der Waals surface area contributed by atoms with Gasteiger partial charge in [0.25, 0.3) is 0 Å². The zero-order chi connectivity index (χ0) is 19.1. The van der Waals surface area contributed by atoms with Crippen LogP contribution in [0.3, 0.4) is 0 Å². The summed E-state index contributed by atoms with van der Waals surface area (Å²) in [6.07, 6.45) is 5.95. The lowest BCUT2D eigenvalue weighted by Crippen LogP contribution is -2.28. The van der Waals surface area contributed by atoms with Crippen molar-refractivity contribution in [2.24, 2.45) is 0 Å². The molecular formula is C22H28N2O3. The van der Waals surface area contributed by atoms with Crippen LogP contribution in [0.15, 0.2) is 28.7 Å². The minimum atomic E-state index is 0.193. The lowest BCUT2D eigenvalue weighted by molar-refractivity contribution is -0.0512. The van der Waals surface area contributed by atoms with Gasteiger partial charge in [-0.3, -0.25) is 0 Å². The second-order valence-electron chi connectivity index (χ2n) is 7.25. The summed E-state index contributed by atoms with van der Waals surface area (Å²) in [6, 6.07) is 10.3. The van der Waals surface area contributed by atoms with Crippen molar-refractivity contribution in [2.45, 2.75) is 71.2 Å². The highest BCUT2D eigenvalue weighted by Crippen LogP contribution is 2.27. The van der Waals surface area contributed by atoms with E-state index in [0.717, 1.165) is 49.1 Å². The van der Waals surface area contributed by atoms with Gasteiger partial charge in [-0.05, 0) is 58.1 Å². The van der Waals surface area contributed by atoms with Crippen LogP contribution < -0.4 is 0 Å². The molecule has 27 heavy (non-hydrogen) atoms. The number of hydrogen-bond donors (Lipinski definition) is 0. The fraction of sp³-hybridized carbons (Fsp3) is 0.545. The largest absolute Gasteiger partial charge is 0.441 e. The Hall–Kier alpha value is -2.16. The SMILES string of the molecule is Cc1cccc(-c2nc(COC3CCCC(OCCCC#N)C3)c(C)o2)c1. The van der Waals surface area contributed by atoms with Gasteiger partial charge < -0.3 is 13.9 Å². The van der Waals surface area contributed by atoms with Gasteiger partial charge in [-0.15, -0.1) is 0 Å². The molecule has 1 aliphatic carbocycles. The van der Waals surface area contributed by atoms with Crippen molar-refractivity contribution in [3.8, 4) is 17.5 Å².